The molecular weight excluding hydrogens is 314 g/mol. The van der Waals surface area contributed by atoms with Crippen LogP contribution in [-0.2, 0) is 4.79 Å². The van der Waals surface area contributed by atoms with E-state index in [0.29, 0.717) is 24.8 Å². The zero-order valence-electron chi connectivity index (χ0n) is 15.6. The molecule has 25 heavy (non-hydrogen) atoms. The van der Waals surface area contributed by atoms with Crippen molar-refractivity contribution in [3.05, 3.63) is 0 Å². The van der Waals surface area contributed by atoms with E-state index < -0.39 is 0 Å². The first-order valence-electron chi connectivity index (χ1n) is 10.5. The molecule has 0 radical (unpaired) electrons. The van der Waals surface area contributed by atoms with E-state index in [9.17, 15) is 9.59 Å². The number of piperidine rings is 1. The normalized spacial score (nSPS) is 27.4. The number of carbonyl (C=O) groups is 2. The van der Waals surface area contributed by atoms with Gasteiger partial charge < -0.3 is 15.5 Å². The highest BCUT2D eigenvalue weighted by Gasteiger charge is 2.32. The number of nitrogens with zero attached hydrogens (tertiary/aromatic N) is 1. The summed E-state index contributed by atoms with van der Waals surface area (Å²) < 4.78 is 0. The van der Waals surface area contributed by atoms with Gasteiger partial charge in [-0.15, -0.1) is 0 Å². The monoisotopic (exact) mass is 349 g/mol. The van der Waals surface area contributed by atoms with Crippen LogP contribution in [0.25, 0.3) is 0 Å². The van der Waals surface area contributed by atoms with Gasteiger partial charge in [-0.1, -0.05) is 38.5 Å². The van der Waals surface area contributed by atoms with Gasteiger partial charge in [0.25, 0.3) is 0 Å². The van der Waals surface area contributed by atoms with Crippen LogP contribution in [-0.4, -0.2) is 43.0 Å². The SMILES string of the molecule is O=C(CCNC(=O)N1CCC2CCCCC2C1)NCC1CCCCC1. The molecule has 5 nitrogen and oxygen atoms in total. The zero-order chi connectivity index (χ0) is 17.5. The molecule has 2 saturated carbocycles. The zero-order valence-corrected chi connectivity index (χ0v) is 15.6. The third kappa shape index (κ3) is 5.61. The maximum atomic E-state index is 12.3. The fourth-order valence-electron chi connectivity index (χ4n) is 4.92. The van der Waals surface area contributed by atoms with Gasteiger partial charge in [0.1, 0.15) is 0 Å². The van der Waals surface area contributed by atoms with E-state index in [-0.39, 0.29) is 11.9 Å². The predicted octanol–water partition coefficient (Wildman–Crippen LogP) is 3.29. The Morgan fingerprint density at radius 3 is 2.36 bits per heavy atom. The van der Waals surface area contributed by atoms with Crippen LogP contribution in [0.5, 0.6) is 0 Å². The Bertz CT molecular complexity index is 448. The fraction of sp³-hybridized carbons (Fsp3) is 0.900. The maximum absolute atomic E-state index is 12.3. The van der Waals surface area contributed by atoms with Crippen LogP contribution < -0.4 is 10.6 Å². The highest BCUT2D eigenvalue weighted by molar-refractivity contribution is 5.78. The highest BCUT2D eigenvalue weighted by atomic mass is 16.2. The quantitative estimate of drug-likeness (QED) is 0.800. The number of amides is 3. The molecule has 2 atom stereocenters. The van der Waals surface area contributed by atoms with Gasteiger partial charge in [0.2, 0.25) is 5.91 Å². The number of rotatable bonds is 5. The molecule has 3 fully saturated rings. The van der Waals surface area contributed by atoms with Crippen molar-refractivity contribution in [2.75, 3.05) is 26.2 Å². The van der Waals surface area contributed by atoms with E-state index in [1.165, 1.54) is 57.8 Å². The van der Waals surface area contributed by atoms with E-state index in [2.05, 4.69) is 10.6 Å². The summed E-state index contributed by atoms with van der Waals surface area (Å²) in [6.45, 7) is 3.03. The molecule has 5 heteroatoms. The molecule has 1 heterocycles. The Hall–Kier alpha value is -1.26. The van der Waals surface area contributed by atoms with Crippen molar-refractivity contribution in [2.45, 2.75) is 70.6 Å². The van der Waals surface area contributed by atoms with E-state index in [1.807, 2.05) is 4.90 Å². The van der Waals surface area contributed by atoms with E-state index in [4.69, 9.17) is 0 Å². The first kappa shape index (κ1) is 18.5. The molecule has 2 aliphatic carbocycles. The molecule has 3 rings (SSSR count). The number of hydrogen-bond acceptors (Lipinski definition) is 2. The van der Waals surface area contributed by atoms with Crippen molar-refractivity contribution < 1.29 is 9.59 Å². The lowest BCUT2D eigenvalue weighted by Gasteiger charge is -2.41. The molecule has 3 aliphatic rings. The molecule has 1 aliphatic heterocycles. The largest absolute Gasteiger partial charge is 0.356 e. The van der Waals surface area contributed by atoms with Gasteiger partial charge in [0.05, 0.1) is 0 Å². The average molecular weight is 350 g/mol. The van der Waals surface area contributed by atoms with Crippen molar-refractivity contribution in [1.29, 1.82) is 0 Å². The lowest BCUT2D eigenvalue weighted by atomic mass is 9.75. The molecule has 0 aromatic carbocycles. The Kier molecular flexibility index (Phi) is 7.00. The maximum Gasteiger partial charge on any atom is 0.317 e. The topological polar surface area (TPSA) is 61.4 Å². The second kappa shape index (κ2) is 9.44. The van der Waals surface area contributed by atoms with E-state index in [0.717, 1.165) is 32.0 Å². The molecule has 0 bridgehead atoms. The minimum absolute atomic E-state index is 0.0177. The van der Waals surface area contributed by atoms with Crippen molar-refractivity contribution in [1.82, 2.24) is 15.5 Å². The Balaban J connectivity index is 1.29. The van der Waals surface area contributed by atoms with Crippen molar-refractivity contribution >= 4 is 11.9 Å². The van der Waals surface area contributed by atoms with E-state index in [1.54, 1.807) is 0 Å². The summed E-state index contributed by atoms with van der Waals surface area (Å²) >= 11 is 0. The van der Waals surface area contributed by atoms with Crippen molar-refractivity contribution in [3.8, 4) is 0 Å². The van der Waals surface area contributed by atoms with E-state index >= 15 is 0 Å². The number of nitrogens with one attached hydrogen (secondary N) is 2. The number of fused-ring (bicyclic) bond motifs is 1. The summed E-state index contributed by atoms with van der Waals surface area (Å²) in [5.74, 6) is 2.26. The molecule has 1 saturated heterocycles. The Morgan fingerprint density at radius 1 is 0.840 bits per heavy atom. The van der Waals surface area contributed by atoms with Gasteiger partial charge in [-0.2, -0.15) is 0 Å². The summed E-state index contributed by atoms with van der Waals surface area (Å²) in [6.07, 6.45) is 13.3. The predicted molar refractivity (Wildman–Crippen MR) is 99.2 cm³/mol. The molecule has 0 spiro atoms. The third-order valence-electron chi connectivity index (χ3n) is 6.52. The molecule has 142 valence electrons. The highest BCUT2D eigenvalue weighted by Crippen LogP contribution is 2.35. The number of hydrogen-bond donors (Lipinski definition) is 2. The van der Waals surface area contributed by atoms with Gasteiger partial charge in [-0.05, 0) is 43.4 Å². The molecule has 0 aromatic rings. The van der Waals surface area contributed by atoms with Gasteiger partial charge in [-0.3, -0.25) is 4.79 Å². The van der Waals surface area contributed by atoms with Gasteiger partial charge in [-0.25, -0.2) is 4.79 Å². The van der Waals surface area contributed by atoms with Crippen LogP contribution in [0.15, 0.2) is 0 Å². The second-order valence-corrected chi connectivity index (χ2v) is 8.33. The van der Waals surface area contributed by atoms with Crippen LogP contribution in [0.1, 0.15) is 70.6 Å². The molecule has 3 amide bonds. The van der Waals surface area contributed by atoms with Crippen LogP contribution in [0.2, 0.25) is 0 Å². The van der Waals surface area contributed by atoms with Gasteiger partial charge in [0.15, 0.2) is 0 Å². The lowest BCUT2D eigenvalue weighted by Crippen LogP contribution is -2.49. The molecule has 0 aromatic heterocycles. The number of likely N-dealkylation sites (tertiary alicyclic amines) is 1. The standard InChI is InChI=1S/C20H35N3O2/c24-19(22-14-16-6-2-1-3-7-16)10-12-21-20(25)23-13-11-17-8-4-5-9-18(17)15-23/h16-18H,1-15H2,(H,21,25)(H,22,24). The minimum Gasteiger partial charge on any atom is -0.356 e. The molecule has 2 unspecified atom stereocenters. The summed E-state index contributed by atoms with van der Waals surface area (Å²) in [5, 5.41) is 5.98. The van der Waals surface area contributed by atoms with Crippen molar-refractivity contribution in [2.24, 2.45) is 17.8 Å². The van der Waals surface area contributed by atoms with Gasteiger partial charge >= 0.3 is 6.03 Å². The van der Waals surface area contributed by atoms with Crippen LogP contribution in [0.3, 0.4) is 0 Å². The number of carbonyl (C=O) groups excluding carboxylic acids is 2. The van der Waals surface area contributed by atoms with Crippen molar-refractivity contribution in [3.63, 3.8) is 0 Å². The minimum atomic E-state index is 0.0177. The summed E-state index contributed by atoms with van der Waals surface area (Å²) in [7, 11) is 0. The van der Waals surface area contributed by atoms with Crippen LogP contribution in [0.4, 0.5) is 4.79 Å². The summed E-state index contributed by atoms with van der Waals surface area (Å²) in [5.41, 5.74) is 0. The second-order valence-electron chi connectivity index (χ2n) is 8.33. The first-order chi connectivity index (χ1) is 12.2. The summed E-state index contributed by atoms with van der Waals surface area (Å²) in [4.78, 5) is 26.3. The third-order valence-corrected chi connectivity index (χ3v) is 6.52. The molecule has 2 N–H and O–H groups in total. The number of urea groups is 1. The average Bonchev–Trinajstić information content (AvgIpc) is 2.66. The van der Waals surface area contributed by atoms with Gasteiger partial charge in [0, 0.05) is 32.6 Å². The van der Waals surface area contributed by atoms with Crippen LogP contribution in [0, 0.1) is 17.8 Å². The summed E-state index contributed by atoms with van der Waals surface area (Å²) in [6, 6.07) is 0.0177. The first-order valence-corrected chi connectivity index (χ1v) is 10.5. The van der Waals surface area contributed by atoms with Crippen LogP contribution >= 0.6 is 0 Å². The Labute approximate surface area is 152 Å². The lowest BCUT2D eigenvalue weighted by molar-refractivity contribution is -0.121. The molecular formula is C20H35N3O2. The smallest absolute Gasteiger partial charge is 0.317 e. The Morgan fingerprint density at radius 2 is 1.56 bits per heavy atom. The fourth-order valence-corrected chi connectivity index (χ4v) is 4.92.